The van der Waals surface area contributed by atoms with E-state index in [1.54, 1.807) is 11.3 Å². The molecular formula is C14H24N4OS. The summed E-state index contributed by atoms with van der Waals surface area (Å²) in [5, 5.41) is 2.11. The molecule has 1 aliphatic heterocycles. The smallest absolute Gasteiger partial charge is 0.236 e. The third-order valence-electron chi connectivity index (χ3n) is 3.81. The van der Waals surface area contributed by atoms with Gasteiger partial charge in [-0.3, -0.25) is 14.6 Å². The number of aromatic nitrogens is 1. The summed E-state index contributed by atoms with van der Waals surface area (Å²) in [6.45, 7) is 11.1. The van der Waals surface area contributed by atoms with Gasteiger partial charge in [-0.2, -0.15) is 0 Å². The molecule has 1 aromatic rings. The minimum atomic E-state index is 0.253. The van der Waals surface area contributed by atoms with Crippen LogP contribution in [0.3, 0.4) is 0 Å². The molecule has 112 valence electrons. The number of thiazole rings is 1. The summed E-state index contributed by atoms with van der Waals surface area (Å²) in [6.07, 6.45) is 0. The highest BCUT2D eigenvalue weighted by Crippen LogP contribution is 2.09. The molecule has 1 fully saturated rings. The lowest BCUT2D eigenvalue weighted by Crippen LogP contribution is -2.49. The second-order valence-corrected chi connectivity index (χ2v) is 5.82. The number of likely N-dealkylation sites (N-methyl/N-ethyl adjacent to an activating group) is 1. The third-order valence-corrected chi connectivity index (χ3v) is 4.44. The number of hydrogen-bond acceptors (Lipinski definition) is 5. The van der Waals surface area contributed by atoms with Gasteiger partial charge in [0, 0.05) is 51.2 Å². The summed E-state index contributed by atoms with van der Waals surface area (Å²) in [7, 11) is 0. The van der Waals surface area contributed by atoms with Crippen LogP contribution in [0.1, 0.15) is 19.5 Å². The summed E-state index contributed by atoms with van der Waals surface area (Å²) in [5.74, 6) is 0.253. The van der Waals surface area contributed by atoms with Crippen molar-refractivity contribution in [2.75, 3.05) is 45.8 Å². The first-order chi connectivity index (χ1) is 9.72. The van der Waals surface area contributed by atoms with Crippen molar-refractivity contribution in [1.82, 2.24) is 19.7 Å². The van der Waals surface area contributed by atoms with Crippen molar-refractivity contribution >= 4 is 17.2 Å². The molecular weight excluding hydrogens is 272 g/mol. The highest BCUT2D eigenvalue weighted by Gasteiger charge is 2.20. The Hall–Kier alpha value is -0.980. The zero-order chi connectivity index (χ0) is 14.4. The number of carbonyl (C=O) groups excluding carboxylic acids is 1. The van der Waals surface area contributed by atoms with E-state index in [0.29, 0.717) is 6.54 Å². The topological polar surface area (TPSA) is 39.7 Å². The number of carbonyl (C=O) groups is 1. The average molecular weight is 296 g/mol. The molecule has 0 aliphatic carbocycles. The Kier molecular flexibility index (Phi) is 5.94. The molecule has 1 amide bonds. The van der Waals surface area contributed by atoms with Crippen LogP contribution in [0, 0.1) is 0 Å². The number of amides is 1. The fourth-order valence-corrected chi connectivity index (χ4v) is 3.07. The van der Waals surface area contributed by atoms with Gasteiger partial charge in [-0.15, -0.1) is 11.3 Å². The normalized spacial score (nSPS) is 17.3. The zero-order valence-electron chi connectivity index (χ0n) is 12.4. The molecule has 6 heteroatoms. The van der Waals surface area contributed by atoms with Crippen LogP contribution in [-0.4, -0.2) is 71.4 Å². The van der Waals surface area contributed by atoms with Gasteiger partial charge in [-0.25, -0.2) is 4.98 Å². The summed E-state index contributed by atoms with van der Waals surface area (Å²) in [5.41, 5.74) is 3.04. The Morgan fingerprint density at radius 1 is 1.25 bits per heavy atom. The van der Waals surface area contributed by atoms with Crippen molar-refractivity contribution in [3.63, 3.8) is 0 Å². The van der Waals surface area contributed by atoms with Crippen molar-refractivity contribution in [1.29, 1.82) is 0 Å². The van der Waals surface area contributed by atoms with E-state index in [1.165, 1.54) is 0 Å². The first-order valence-corrected chi connectivity index (χ1v) is 8.26. The maximum Gasteiger partial charge on any atom is 0.236 e. The van der Waals surface area contributed by atoms with E-state index >= 15 is 0 Å². The second kappa shape index (κ2) is 7.71. The minimum absolute atomic E-state index is 0.253. The van der Waals surface area contributed by atoms with Crippen LogP contribution in [0.4, 0.5) is 0 Å². The summed E-state index contributed by atoms with van der Waals surface area (Å²) < 4.78 is 0. The molecule has 1 aliphatic rings. The molecule has 0 unspecified atom stereocenters. The summed E-state index contributed by atoms with van der Waals surface area (Å²) in [6, 6.07) is 0. The van der Waals surface area contributed by atoms with Crippen molar-refractivity contribution in [3.05, 3.63) is 16.6 Å². The molecule has 0 bridgehead atoms. The average Bonchev–Trinajstić information content (AvgIpc) is 2.95. The standard InChI is InChI=1S/C14H24N4OS/c1-3-18(4-2)14(19)10-17-7-5-16(6-8-17)9-13-11-20-12-15-13/h11-12H,3-10H2,1-2H3. The molecule has 1 aromatic heterocycles. The van der Waals surface area contributed by atoms with Crippen LogP contribution in [0.15, 0.2) is 10.9 Å². The fourth-order valence-electron chi connectivity index (χ4n) is 2.52. The summed E-state index contributed by atoms with van der Waals surface area (Å²) in [4.78, 5) is 23.0. The Labute approximate surface area is 125 Å². The van der Waals surface area contributed by atoms with Gasteiger partial charge in [-0.05, 0) is 13.8 Å². The van der Waals surface area contributed by atoms with Gasteiger partial charge in [-0.1, -0.05) is 0 Å². The predicted octanol–water partition coefficient (Wildman–Crippen LogP) is 1.13. The Balaban J connectivity index is 1.72. The van der Waals surface area contributed by atoms with Crippen LogP contribution in [-0.2, 0) is 11.3 Å². The molecule has 2 heterocycles. The number of rotatable bonds is 6. The van der Waals surface area contributed by atoms with E-state index < -0.39 is 0 Å². The molecule has 2 rings (SSSR count). The Morgan fingerprint density at radius 3 is 2.45 bits per heavy atom. The largest absolute Gasteiger partial charge is 0.342 e. The van der Waals surface area contributed by atoms with Gasteiger partial charge >= 0.3 is 0 Å². The quantitative estimate of drug-likeness (QED) is 0.789. The van der Waals surface area contributed by atoms with E-state index in [9.17, 15) is 4.79 Å². The van der Waals surface area contributed by atoms with Gasteiger partial charge in [0.1, 0.15) is 0 Å². The van der Waals surface area contributed by atoms with Crippen molar-refractivity contribution < 1.29 is 4.79 Å². The highest BCUT2D eigenvalue weighted by atomic mass is 32.1. The predicted molar refractivity (Wildman–Crippen MR) is 81.8 cm³/mol. The van der Waals surface area contributed by atoms with Crippen molar-refractivity contribution in [3.8, 4) is 0 Å². The molecule has 20 heavy (non-hydrogen) atoms. The zero-order valence-corrected chi connectivity index (χ0v) is 13.2. The minimum Gasteiger partial charge on any atom is -0.342 e. The fraction of sp³-hybridized carbons (Fsp3) is 0.714. The van der Waals surface area contributed by atoms with Crippen LogP contribution in [0.2, 0.25) is 0 Å². The molecule has 0 radical (unpaired) electrons. The SMILES string of the molecule is CCN(CC)C(=O)CN1CCN(Cc2cscn2)CC1. The number of piperazine rings is 1. The maximum atomic E-state index is 12.1. The van der Waals surface area contributed by atoms with E-state index in [2.05, 4.69) is 20.2 Å². The van der Waals surface area contributed by atoms with Crippen molar-refractivity contribution in [2.45, 2.75) is 20.4 Å². The first kappa shape index (κ1) is 15.4. The molecule has 1 saturated heterocycles. The van der Waals surface area contributed by atoms with Crippen LogP contribution < -0.4 is 0 Å². The van der Waals surface area contributed by atoms with E-state index in [0.717, 1.165) is 51.5 Å². The van der Waals surface area contributed by atoms with Gasteiger partial charge in [0.25, 0.3) is 0 Å². The van der Waals surface area contributed by atoms with E-state index in [4.69, 9.17) is 0 Å². The number of nitrogens with zero attached hydrogens (tertiary/aromatic N) is 4. The van der Waals surface area contributed by atoms with Crippen LogP contribution in [0.25, 0.3) is 0 Å². The van der Waals surface area contributed by atoms with E-state index in [1.807, 2.05) is 24.3 Å². The molecule has 0 N–H and O–H groups in total. The van der Waals surface area contributed by atoms with Gasteiger partial charge in [0.15, 0.2) is 0 Å². The van der Waals surface area contributed by atoms with E-state index in [-0.39, 0.29) is 5.91 Å². The molecule has 0 atom stereocenters. The highest BCUT2D eigenvalue weighted by molar-refractivity contribution is 7.07. The monoisotopic (exact) mass is 296 g/mol. The van der Waals surface area contributed by atoms with Gasteiger partial charge < -0.3 is 4.90 Å². The van der Waals surface area contributed by atoms with Crippen LogP contribution >= 0.6 is 11.3 Å². The van der Waals surface area contributed by atoms with Crippen molar-refractivity contribution in [2.24, 2.45) is 0 Å². The number of hydrogen-bond donors (Lipinski definition) is 0. The second-order valence-electron chi connectivity index (χ2n) is 5.10. The Morgan fingerprint density at radius 2 is 1.90 bits per heavy atom. The lowest BCUT2D eigenvalue weighted by atomic mass is 10.3. The maximum absolute atomic E-state index is 12.1. The Bertz CT molecular complexity index is 397. The molecule has 0 saturated carbocycles. The molecule has 0 aromatic carbocycles. The lowest BCUT2D eigenvalue weighted by Gasteiger charge is -2.34. The van der Waals surface area contributed by atoms with Gasteiger partial charge in [0.05, 0.1) is 17.7 Å². The lowest BCUT2D eigenvalue weighted by molar-refractivity contribution is -0.132. The van der Waals surface area contributed by atoms with Gasteiger partial charge in [0.2, 0.25) is 5.91 Å². The molecule has 5 nitrogen and oxygen atoms in total. The third kappa shape index (κ3) is 4.26. The molecule has 0 spiro atoms. The summed E-state index contributed by atoms with van der Waals surface area (Å²) >= 11 is 1.65. The van der Waals surface area contributed by atoms with Crippen LogP contribution in [0.5, 0.6) is 0 Å². The first-order valence-electron chi connectivity index (χ1n) is 7.32.